The van der Waals surface area contributed by atoms with Gasteiger partial charge in [-0.05, 0) is 42.8 Å². The van der Waals surface area contributed by atoms with Crippen molar-refractivity contribution in [3.05, 3.63) is 58.1 Å². The highest BCUT2D eigenvalue weighted by atomic mass is 35.5. The Balaban J connectivity index is 2.18. The summed E-state index contributed by atoms with van der Waals surface area (Å²) >= 11 is 11.9. The van der Waals surface area contributed by atoms with Crippen molar-refractivity contribution in [2.75, 3.05) is 0 Å². The van der Waals surface area contributed by atoms with Crippen molar-refractivity contribution in [1.82, 2.24) is 0 Å². The molecule has 0 aliphatic heterocycles. The van der Waals surface area contributed by atoms with Crippen molar-refractivity contribution < 1.29 is 4.74 Å². The van der Waals surface area contributed by atoms with Crippen LogP contribution in [0.2, 0.25) is 10.0 Å². The normalized spacial score (nSPS) is 12.2. The summed E-state index contributed by atoms with van der Waals surface area (Å²) in [7, 11) is 0. The van der Waals surface area contributed by atoms with Crippen LogP contribution in [-0.4, -0.2) is 0 Å². The Kier molecular flexibility index (Phi) is 4.12. The van der Waals surface area contributed by atoms with Crippen LogP contribution in [0.3, 0.4) is 0 Å². The van der Waals surface area contributed by atoms with Gasteiger partial charge in [0.15, 0.2) is 0 Å². The molecule has 2 N–H and O–H groups in total. The van der Waals surface area contributed by atoms with Crippen molar-refractivity contribution in [3.8, 4) is 11.5 Å². The Hall–Kier alpha value is -1.22. The lowest BCUT2D eigenvalue weighted by atomic mass is 10.1. The van der Waals surface area contributed by atoms with Gasteiger partial charge in [-0.3, -0.25) is 0 Å². The molecule has 0 radical (unpaired) electrons. The Bertz CT molecular complexity index is 538. The quantitative estimate of drug-likeness (QED) is 0.877. The van der Waals surface area contributed by atoms with E-state index >= 15 is 0 Å². The molecule has 0 spiro atoms. The second-order valence-corrected chi connectivity index (χ2v) is 4.88. The first-order valence-electron chi connectivity index (χ1n) is 5.54. The molecule has 0 unspecified atom stereocenters. The zero-order valence-corrected chi connectivity index (χ0v) is 11.4. The van der Waals surface area contributed by atoms with Crippen LogP contribution in [0.4, 0.5) is 0 Å². The van der Waals surface area contributed by atoms with Crippen LogP contribution in [0.25, 0.3) is 0 Å². The average Bonchev–Trinajstić information content (AvgIpc) is 2.33. The molecular weight excluding hydrogens is 269 g/mol. The number of hydrogen-bond acceptors (Lipinski definition) is 2. The molecule has 0 aromatic heterocycles. The third-order valence-corrected chi connectivity index (χ3v) is 3.06. The van der Waals surface area contributed by atoms with Gasteiger partial charge < -0.3 is 10.5 Å². The van der Waals surface area contributed by atoms with E-state index in [1.165, 1.54) is 0 Å². The standard InChI is InChI=1S/C14H13Cl2NO/c1-9(17)10-2-5-12(6-3-10)18-14-7-4-11(15)8-13(14)16/h2-9H,17H2,1H3/t9-/m1/s1. The molecule has 1 atom stereocenters. The van der Waals surface area contributed by atoms with E-state index < -0.39 is 0 Å². The SMILES string of the molecule is C[C@@H](N)c1ccc(Oc2ccc(Cl)cc2Cl)cc1. The number of ether oxygens (including phenoxy) is 1. The van der Waals surface area contributed by atoms with E-state index in [1.807, 2.05) is 31.2 Å². The molecule has 4 heteroatoms. The van der Waals surface area contributed by atoms with Gasteiger partial charge in [-0.15, -0.1) is 0 Å². The molecule has 0 aliphatic carbocycles. The summed E-state index contributed by atoms with van der Waals surface area (Å²) in [6.45, 7) is 1.94. The molecule has 2 rings (SSSR count). The van der Waals surface area contributed by atoms with Gasteiger partial charge in [-0.25, -0.2) is 0 Å². The second-order valence-electron chi connectivity index (χ2n) is 4.03. The lowest BCUT2D eigenvalue weighted by molar-refractivity contribution is 0.482. The monoisotopic (exact) mass is 281 g/mol. The molecular formula is C14H13Cl2NO. The number of rotatable bonds is 3. The number of benzene rings is 2. The number of hydrogen-bond donors (Lipinski definition) is 1. The maximum absolute atomic E-state index is 6.03. The van der Waals surface area contributed by atoms with Crippen molar-refractivity contribution >= 4 is 23.2 Å². The first-order valence-corrected chi connectivity index (χ1v) is 6.30. The highest BCUT2D eigenvalue weighted by Gasteiger charge is 2.05. The molecule has 0 fully saturated rings. The second kappa shape index (κ2) is 5.61. The van der Waals surface area contributed by atoms with E-state index in [9.17, 15) is 0 Å². The minimum Gasteiger partial charge on any atom is -0.456 e. The molecule has 0 aliphatic rings. The minimum absolute atomic E-state index is 0.0122. The molecule has 2 aromatic carbocycles. The molecule has 2 nitrogen and oxygen atoms in total. The van der Waals surface area contributed by atoms with Crippen LogP contribution in [0.5, 0.6) is 11.5 Å². The molecule has 94 valence electrons. The number of halogens is 2. The summed E-state index contributed by atoms with van der Waals surface area (Å²) in [4.78, 5) is 0. The van der Waals surface area contributed by atoms with Gasteiger partial charge in [0.25, 0.3) is 0 Å². The predicted octanol–water partition coefficient (Wildman–Crippen LogP) is 4.81. The third kappa shape index (κ3) is 3.16. The van der Waals surface area contributed by atoms with E-state index in [0.29, 0.717) is 21.5 Å². The Labute approximate surface area is 116 Å². The smallest absolute Gasteiger partial charge is 0.146 e. The van der Waals surface area contributed by atoms with Gasteiger partial charge in [0.05, 0.1) is 5.02 Å². The summed E-state index contributed by atoms with van der Waals surface area (Å²) in [6.07, 6.45) is 0. The van der Waals surface area contributed by atoms with Crippen LogP contribution in [-0.2, 0) is 0 Å². The third-order valence-electron chi connectivity index (χ3n) is 2.53. The van der Waals surface area contributed by atoms with Crippen LogP contribution < -0.4 is 10.5 Å². The maximum Gasteiger partial charge on any atom is 0.146 e. The van der Waals surface area contributed by atoms with Crippen molar-refractivity contribution in [1.29, 1.82) is 0 Å². The van der Waals surface area contributed by atoms with Crippen molar-refractivity contribution in [2.24, 2.45) is 5.73 Å². The van der Waals surface area contributed by atoms with E-state index in [4.69, 9.17) is 33.7 Å². The van der Waals surface area contributed by atoms with Crippen LogP contribution in [0.15, 0.2) is 42.5 Å². The van der Waals surface area contributed by atoms with Gasteiger partial charge >= 0.3 is 0 Å². The summed E-state index contributed by atoms with van der Waals surface area (Å²) in [5.74, 6) is 1.29. The van der Waals surface area contributed by atoms with E-state index in [0.717, 1.165) is 5.56 Å². The lowest BCUT2D eigenvalue weighted by Gasteiger charge is -2.10. The van der Waals surface area contributed by atoms with Gasteiger partial charge in [-0.2, -0.15) is 0 Å². The molecule has 0 bridgehead atoms. The van der Waals surface area contributed by atoms with Crippen LogP contribution in [0.1, 0.15) is 18.5 Å². The molecule has 0 saturated carbocycles. The number of nitrogens with two attached hydrogens (primary N) is 1. The molecule has 0 heterocycles. The minimum atomic E-state index is 0.0122. The zero-order chi connectivity index (χ0) is 13.1. The van der Waals surface area contributed by atoms with Crippen LogP contribution >= 0.6 is 23.2 Å². The maximum atomic E-state index is 6.03. The van der Waals surface area contributed by atoms with E-state index in [2.05, 4.69) is 0 Å². The summed E-state index contributed by atoms with van der Waals surface area (Å²) in [6, 6.07) is 12.7. The fraction of sp³-hybridized carbons (Fsp3) is 0.143. The zero-order valence-electron chi connectivity index (χ0n) is 9.86. The van der Waals surface area contributed by atoms with Gasteiger partial charge in [-0.1, -0.05) is 35.3 Å². The molecule has 0 amide bonds. The Morgan fingerprint density at radius 3 is 2.28 bits per heavy atom. The first-order chi connectivity index (χ1) is 8.56. The first kappa shape index (κ1) is 13.2. The van der Waals surface area contributed by atoms with Gasteiger partial charge in [0.1, 0.15) is 11.5 Å². The Morgan fingerprint density at radius 1 is 1.06 bits per heavy atom. The molecule has 2 aromatic rings. The largest absolute Gasteiger partial charge is 0.456 e. The van der Waals surface area contributed by atoms with Gasteiger partial charge in [0, 0.05) is 11.1 Å². The topological polar surface area (TPSA) is 35.2 Å². The highest BCUT2D eigenvalue weighted by molar-refractivity contribution is 6.35. The average molecular weight is 282 g/mol. The predicted molar refractivity (Wildman–Crippen MR) is 75.6 cm³/mol. The summed E-state index contributed by atoms with van der Waals surface area (Å²) in [5, 5.41) is 1.07. The summed E-state index contributed by atoms with van der Waals surface area (Å²) in [5.41, 5.74) is 6.84. The molecule has 0 saturated heterocycles. The van der Waals surface area contributed by atoms with E-state index in [1.54, 1.807) is 18.2 Å². The molecule has 18 heavy (non-hydrogen) atoms. The van der Waals surface area contributed by atoms with Crippen LogP contribution in [0, 0.1) is 0 Å². The fourth-order valence-electron chi connectivity index (χ4n) is 1.52. The van der Waals surface area contributed by atoms with Crippen molar-refractivity contribution in [2.45, 2.75) is 13.0 Å². The van der Waals surface area contributed by atoms with Crippen molar-refractivity contribution in [3.63, 3.8) is 0 Å². The Morgan fingerprint density at radius 2 is 1.72 bits per heavy atom. The summed E-state index contributed by atoms with van der Waals surface area (Å²) < 4.78 is 5.67. The lowest BCUT2D eigenvalue weighted by Crippen LogP contribution is -2.04. The van der Waals surface area contributed by atoms with Gasteiger partial charge in [0.2, 0.25) is 0 Å². The highest BCUT2D eigenvalue weighted by Crippen LogP contribution is 2.31. The fourth-order valence-corrected chi connectivity index (χ4v) is 1.97. The van der Waals surface area contributed by atoms with E-state index in [-0.39, 0.29) is 6.04 Å².